The Labute approximate surface area is 118 Å². The third-order valence-electron chi connectivity index (χ3n) is 3.44. The van der Waals surface area contributed by atoms with Crippen LogP contribution >= 0.6 is 0 Å². The Morgan fingerprint density at radius 3 is 2.50 bits per heavy atom. The summed E-state index contributed by atoms with van der Waals surface area (Å²) in [5, 5.41) is 2.80. The predicted octanol–water partition coefficient (Wildman–Crippen LogP) is 2.16. The number of carbonyl (C=O) groups is 1. The van der Waals surface area contributed by atoms with E-state index in [-0.39, 0.29) is 5.91 Å². The van der Waals surface area contributed by atoms with Crippen LogP contribution in [0.4, 0.5) is 5.69 Å². The minimum atomic E-state index is -0.465. The van der Waals surface area contributed by atoms with E-state index in [1.807, 2.05) is 49.6 Å². The van der Waals surface area contributed by atoms with Crippen LogP contribution in [0.1, 0.15) is 24.7 Å². The van der Waals surface area contributed by atoms with Crippen LogP contribution in [0.15, 0.2) is 30.6 Å². The molecule has 1 aromatic heterocycles. The number of hydrogen-bond donors (Lipinski definition) is 2. The lowest BCUT2D eigenvalue weighted by molar-refractivity contribution is -0.117. The number of anilines is 1. The predicted molar refractivity (Wildman–Crippen MR) is 79.9 cm³/mol. The van der Waals surface area contributed by atoms with Gasteiger partial charge in [-0.05, 0) is 44.5 Å². The number of aromatic nitrogens is 2. The highest BCUT2D eigenvalue weighted by atomic mass is 16.2. The van der Waals surface area contributed by atoms with Gasteiger partial charge in [0.1, 0.15) is 0 Å². The highest BCUT2D eigenvalue weighted by Gasteiger charge is 2.11. The molecule has 1 amide bonds. The van der Waals surface area contributed by atoms with Gasteiger partial charge >= 0.3 is 0 Å². The monoisotopic (exact) mass is 272 g/mol. The van der Waals surface area contributed by atoms with Gasteiger partial charge in [-0.25, -0.2) is 4.98 Å². The van der Waals surface area contributed by atoms with Crippen molar-refractivity contribution in [3.8, 4) is 5.69 Å². The molecule has 106 valence electrons. The van der Waals surface area contributed by atoms with E-state index in [2.05, 4.69) is 10.3 Å². The molecule has 1 aromatic carbocycles. The number of nitrogens with one attached hydrogen (secondary N) is 1. The average molecular weight is 272 g/mol. The fourth-order valence-corrected chi connectivity index (χ4v) is 1.88. The number of carbonyl (C=O) groups excluding carboxylic acids is 1. The number of hydrogen-bond acceptors (Lipinski definition) is 3. The SMILES string of the molecule is CC[C@H](N)C(=O)Nc1ccc(-n2cnc(C)c2C)cc1. The molecule has 0 aliphatic rings. The number of benzene rings is 1. The number of rotatable bonds is 4. The molecule has 0 fully saturated rings. The molecule has 3 N–H and O–H groups in total. The minimum Gasteiger partial charge on any atom is -0.325 e. The van der Waals surface area contributed by atoms with Crippen molar-refractivity contribution in [2.45, 2.75) is 33.2 Å². The molecule has 1 atom stereocenters. The smallest absolute Gasteiger partial charge is 0.241 e. The molecule has 0 bridgehead atoms. The van der Waals surface area contributed by atoms with Crippen LogP contribution in [0.2, 0.25) is 0 Å². The Balaban J connectivity index is 2.15. The Hall–Kier alpha value is -2.14. The van der Waals surface area contributed by atoms with Gasteiger partial charge in [0.05, 0.1) is 18.1 Å². The van der Waals surface area contributed by atoms with Gasteiger partial charge in [-0.1, -0.05) is 6.92 Å². The van der Waals surface area contributed by atoms with Crippen molar-refractivity contribution in [3.63, 3.8) is 0 Å². The summed E-state index contributed by atoms with van der Waals surface area (Å²) in [7, 11) is 0. The van der Waals surface area contributed by atoms with Crippen molar-refractivity contribution in [3.05, 3.63) is 42.0 Å². The van der Waals surface area contributed by atoms with Crippen LogP contribution in [-0.4, -0.2) is 21.5 Å². The van der Waals surface area contributed by atoms with Crippen LogP contribution in [0.5, 0.6) is 0 Å². The van der Waals surface area contributed by atoms with Gasteiger partial charge in [0, 0.05) is 17.1 Å². The molecule has 2 rings (SSSR count). The molecule has 0 aliphatic heterocycles. The molecule has 0 saturated heterocycles. The number of amides is 1. The highest BCUT2D eigenvalue weighted by molar-refractivity contribution is 5.94. The van der Waals surface area contributed by atoms with Crippen LogP contribution in [0.25, 0.3) is 5.69 Å². The molecule has 1 heterocycles. The summed E-state index contributed by atoms with van der Waals surface area (Å²) in [5.41, 5.74) is 9.56. The van der Waals surface area contributed by atoms with Gasteiger partial charge in [0.2, 0.25) is 5.91 Å². The van der Waals surface area contributed by atoms with Crippen LogP contribution in [0.3, 0.4) is 0 Å². The lowest BCUT2D eigenvalue weighted by atomic mass is 10.2. The topological polar surface area (TPSA) is 72.9 Å². The van der Waals surface area contributed by atoms with Crippen LogP contribution in [-0.2, 0) is 4.79 Å². The third-order valence-corrected chi connectivity index (χ3v) is 3.44. The lowest BCUT2D eigenvalue weighted by Gasteiger charge is -2.11. The second kappa shape index (κ2) is 5.88. The molecular formula is C15H20N4O. The zero-order valence-electron chi connectivity index (χ0n) is 12.1. The maximum Gasteiger partial charge on any atom is 0.241 e. The van der Waals surface area contributed by atoms with E-state index >= 15 is 0 Å². The van der Waals surface area contributed by atoms with Crippen molar-refractivity contribution in [2.24, 2.45) is 5.73 Å². The van der Waals surface area contributed by atoms with Crippen LogP contribution in [0, 0.1) is 13.8 Å². The Morgan fingerprint density at radius 1 is 1.35 bits per heavy atom. The molecule has 20 heavy (non-hydrogen) atoms. The average Bonchev–Trinajstić information content (AvgIpc) is 2.79. The zero-order chi connectivity index (χ0) is 14.7. The van der Waals surface area contributed by atoms with Crippen molar-refractivity contribution < 1.29 is 4.79 Å². The Morgan fingerprint density at radius 2 is 2.00 bits per heavy atom. The fourth-order valence-electron chi connectivity index (χ4n) is 1.88. The maximum atomic E-state index is 11.7. The Bertz CT molecular complexity index is 601. The summed E-state index contributed by atoms with van der Waals surface area (Å²) in [6, 6.07) is 7.16. The molecular weight excluding hydrogens is 252 g/mol. The summed E-state index contributed by atoms with van der Waals surface area (Å²) in [6.07, 6.45) is 2.42. The minimum absolute atomic E-state index is 0.157. The number of imidazole rings is 1. The van der Waals surface area contributed by atoms with Gasteiger partial charge in [-0.2, -0.15) is 0 Å². The molecule has 2 aromatic rings. The first-order chi connectivity index (χ1) is 9.52. The van der Waals surface area contributed by atoms with E-state index in [4.69, 9.17) is 5.73 Å². The van der Waals surface area contributed by atoms with Crippen LogP contribution < -0.4 is 11.1 Å². The van der Waals surface area contributed by atoms with Crippen molar-refractivity contribution in [1.29, 1.82) is 0 Å². The van der Waals surface area contributed by atoms with Crippen molar-refractivity contribution >= 4 is 11.6 Å². The van der Waals surface area contributed by atoms with E-state index < -0.39 is 6.04 Å². The maximum absolute atomic E-state index is 11.7. The molecule has 0 spiro atoms. The van der Waals surface area contributed by atoms with Gasteiger partial charge in [0.25, 0.3) is 0 Å². The van der Waals surface area contributed by atoms with E-state index in [1.54, 1.807) is 6.33 Å². The summed E-state index contributed by atoms with van der Waals surface area (Å²) < 4.78 is 2.01. The van der Waals surface area contributed by atoms with Gasteiger partial charge in [-0.3, -0.25) is 4.79 Å². The van der Waals surface area contributed by atoms with Gasteiger partial charge in [-0.15, -0.1) is 0 Å². The lowest BCUT2D eigenvalue weighted by Crippen LogP contribution is -2.34. The number of aryl methyl sites for hydroxylation is 1. The summed E-state index contributed by atoms with van der Waals surface area (Å²) in [4.78, 5) is 16.0. The van der Waals surface area contributed by atoms with Gasteiger partial charge < -0.3 is 15.6 Å². The number of nitrogens with two attached hydrogens (primary N) is 1. The first kappa shape index (κ1) is 14.3. The molecule has 0 aliphatic carbocycles. The van der Waals surface area contributed by atoms with Crippen molar-refractivity contribution in [1.82, 2.24) is 9.55 Å². The zero-order valence-corrected chi connectivity index (χ0v) is 12.1. The van der Waals surface area contributed by atoms with Crippen molar-refractivity contribution in [2.75, 3.05) is 5.32 Å². The van der Waals surface area contributed by atoms with Gasteiger partial charge in [0.15, 0.2) is 0 Å². The molecule has 5 heteroatoms. The van der Waals surface area contributed by atoms with E-state index in [9.17, 15) is 4.79 Å². The first-order valence-electron chi connectivity index (χ1n) is 6.70. The Kier molecular flexibility index (Phi) is 4.20. The van der Waals surface area contributed by atoms with E-state index in [1.165, 1.54) is 0 Å². The quantitative estimate of drug-likeness (QED) is 0.895. The van der Waals surface area contributed by atoms with E-state index in [0.717, 1.165) is 22.8 Å². The third kappa shape index (κ3) is 2.88. The molecule has 0 radical (unpaired) electrons. The highest BCUT2D eigenvalue weighted by Crippen LogP contribution is 2.16. The normalized spacial score (nSPS) is 12.2. The molecule has 5 nitrogen and oxygen atoms in total. The fraction of sp³-hybridized carbons (Fsp3) is 0.333. The number of nitrogens with zero attached hydrogens (tertiary/aromatic N) is 2. The molecule has 0 saturated carbocycles. The molecule has 0 unspecified atom stereocenters. The second-order valence-corrected chi connectivity index (χ2v) is 4.84. The van der Waals surface area contributed by atoms with E-state index in [0.29, 0.717) is 6.42 Å². The second-order valence-electron chi connectivity index (χ2n) is 4.84. The summed E-state index contributed by atoms with van der Waals surface area (Å²) in [5.74, 6) is -0.157. The summed E-state index contributed by atoms with van der Waals surface area (Å²) in [6.45, 7) is 5.89. The largest absolute Gasteiger partial charge is 0.325 e. The standard InChI is InChI=1S/C15H20N4O/c1-4-14(16)15(20)18-12-5-7-13(8-6-12)19-9-17-10(2)11(19)3/h5-9,14H,4,16H2,1-3H3,(H,18,20)/t14-/m0/s1. The first-order valence-corrected chi connectivity index (χ1v) is 6.70. The summed E-state index contributed by atoms with van der Waals surface area (Å²) >= 11 is 0.